The van der Waals surface area contributed by atoms with Crippen molar-refractivity contribution >= 4 is 22.1 Å². The zero-order valence-electron chi connectivity index (χ0n) is 8.09. The van der Waals surface area contributed by atoms with Crippen LogP contribution in [0.25, 0.3) is 22.1 Å². The third-order valence-corrected chi connectivity index (χ3v) is 2.35. The lowest BCUT2D eigenvalue weighted by atomic mass is 10.3. The minimum Gasteiger partial charge on any atom is -0.443 e. The van der Waals surface area contributed by atoms with Crippen LogP contribution >= 0.6 is 0 Å². The zero-order valence-corrected chi connectivity index (χ0v) is 8.09. The topological polar surface area (TPSA) is 41.8 Å². The first kappa shape index (κ1) is 7.62. The maximum absolute atomic E-state index is 5.46. The summed E-state index contributed by atoms with van der Waals surface area (Å²) in [7, 11) is 0. The largest absolute Gasteiger partial charge is 0.443 e. The Morgan fingerprint density at radius 1 is 1.21 bits per heavy atom. The Balaban J connectivity index is 2.49. The molecule has 0 spiro atoms. The molecule has 0 fully saturated rings. The molecule has 3 nitrogen and oxygen atoms in total. The number of fused-ring (bicyclic) bond motifs is 2. The van der Waals surface area contributed by atoms with Gasteiger partial charge < -0.3 is 9.40 Å². The normalized spacial score (nSPS) is 11.6. The summed E-state index contributed by atoms with van der Waals surface area (Å²) in [5.41, 5.74) is 3.87. The molecule has 0 saturated heterocycles. The van der Waals surface area contributed by atoms with Gasteiger partial charge in [-0.05, 0) is 32.0 Å². The van der Waals surface area contributed by atoms with Gasteiger partial charge in [-0.25, -0.2) is 4.98 Å². The van der Waals surface area contributed by atoms with Gasteiger partial charge >= 0.3 is 0 Å². The van der Waals surface area contributed by atoms with E-state index >= 15 is 0 Å². The van der Waals surface area contributed by atoms with Crippen molar-refractivity contribution in [2.75, 3.05) is 0 Å². The fourth-order valence-electron chi connectivity index (χ4n) is 1.78. The van der Waals surface area contributed by atoms with Gasteiger partial charge in [0.1, 0.15) is 5.76 Å². The highest BCUT2D eigenvalue weighted by Gasteiger charge is 2.05. The fraction of sp³-hybridized carbons (Fsp3) is 0.182. The van der Waals surface area contributed by atoms with Crippen molar-refractivity contribution in [3.63, 3.8) is 0 Å². The summed E-state index contributed by atoms with van der Waals surface area (Å²) in [6, 6.07) is 6.09. The van der Waals surface area contributed by atoms with E-state index in [4.69, 9.17) is 4.42 Å². The van der Waals surface area contributed by atoms with Crippen LogP contribution in [0, 0.1) is 13.8 Å². The van der Waals surface area contributed by atoms with E-state index in [1.165, 1.54) is 0 Å². The molecule has 3 heteroatoms. The van der Waals surface area contributed by atoms with Crippen LogP contribution in [-0.4, -0.2) is 9.97 Å². The highest BCUT2D eigenvalue weighted by atomic mass is 16.3. The van der Waals surface area contributed by atoms with Crippen LogP contribution in [-0.2, 0) is 0 Å². The minimum absolute atomic E-state index is 0.717. The lowest BCUT2D eigenvalue weighted by Crippen LogP contribution is -1.74. The second kappa shape index (κ2) is 2.38. The highest BCUT2D eigenvalue weighted by molar-refractivity contribution is 5.89. The smallest absolute Gasteiger partial charge is 0.226 e. The summed E-state index contributed by atoms with van der Waals surface area (Å²) in [6.07, 6.45) is 0. The molecule has 3 rings (SSSR count). The Hall–Kier alpha value is -1.77. The lowest BCUT2D eigenvalue weighted by molar-refractivity contribution is 0.569. The van der Waals surface area contributed by atoms with Gasteiger partial charge in [-0.15, -0.1) is 0 Å². The summed E-state index contributed by atoms with van der Waals surface area (Å²) in [6.45, 7) is 3.95. The molecule has 0 saturated carbocycles. The fourth-order valence-corrected chi connectivity index (χ4v) is 1.78. The lowest BCUT2D eigenvalue weighted by Gasteiger charge is -1.88. The van der Waals surface area contributed by atoms with Crippen molar-refractivity contribution in [2.24, 2.45) is 0 Å². The van der Waals surface area contributed by atoms with Crippen molar-refractivity contribution in [3.05, 3.63) is 29.7 Å². The highest BCUT2D eigenvalue weighted by Crippen LogP contribution is 2.22. The predicted molar refractivity (Wildman–Crippen MR) is 55.3 cm³/mol. The molecule has 70 valence electrons. The monoisotopic (exact) mass is 186 g/mol. The quantitative estimate of drug-likeness (QED) is 0.586. The van der Waals surface area contributed by atoms with Gasteiger partial charge in [0.05, 0.1) is 11.0 Å². The molecule has 14 heavy (non-hydrogen) atoms. The number of pyridine rings is 1. The van der Waals surface area contributed by atoms with Crippen molar-refractivity contribution in [3.8, 4) is 0 Å². The summed E-state index contributed by atoms with van der Waals surface area (Å²) in [4.78, 5) is 7.68. The molecule has 0 aliphatic rings. The Labute approximate surface area is 80.7 Å². The summed E-state index contributed by atoms with van der Waals surface area (Å²) in [5.74, 6) is 0.900. The Kier molecular flexibility index (Phi) is 1.29. The number of nitrogens with zero attached hydrogens (tertiary/aromatic N) is 1. The van der Waals surface area contributed by atoms with E-state index in [-0.39, 0.29) is 0 Å². The van der Waals surface area contributed by atoms with Crippen LogP contribution in [0.5, 0.6) is 0 Å². The minimum atomic E-state index is 0.717. The molecule has 0 unspecified atom stereocenters. The third-order valence-electron chi connectivity index (χ3n) is 2.35. The number of H-pyrrole nitrogens is 1. The molecular formula is C11H10N2O. The van der Waals surface area contributed by atoms with Crippen LogP contribution in [0.2, 0.25) is 0 Å². The van der Waals surface area contributed by atoms with E-state index in [0.29, 0.717) is 5.71 Å². The van der Waals surface area contributed by atoms with Gasteiger partial charge in [-0.2, -0.15) is 0 Å². The van der Waals surface area contributed by atoms with Gasteiger partial charge in [0.2, 0.25) is 5.71 Å². The van der Waals surface area contributed by atoms with Crippen LogP contribution in [0.4, 0.5) is 0 Å². The average molecular weight is 186 g/mol. The molecule has 0 atom stereocenters. The van der Waals surface area contributed by atoms with Crippen LogP contribution in [0.3, 0.4) is 0 Å². The number of hydrogen-bond donors (Lipinski definition) is 1. The molecule has 0 aromatic carbocycles. The van der Waals surface area contributed by atoms with Crippen LogP contribution in [0.1, 0.15) is 11.5 Å². The third kappa shape index (κ3) is 0.954. The summed E-state index contributed by atoms with van der Waals surface area (Å²) < 4.78 is 5.46. The van der Waals surface area contributed by atoms with Gasteiger partial charge in [0.25, 0.3) is 0 Å². The number of aromatic amines is 1. The first-order valence-electron chi connectivity index (χ1n) is 4.59. The first-order valence-corrected chi connectivity index (χ1v) is 4.59. The van der Waals surface area contributed by atoms with Gasteiger partial charge in [-0.1, -0.05) is 0 Å². The SMILES string of the molecule is Cc1cc2nc3oc(C)cc3cc2[nH]1. The van der Waals surface area contributed by atoms with Crippen LogP contribution in [0.15, 0.2) is 22.6 Å². The molecule has 3 aromatic heterocycles. The van der Waals surface area contributed by atoms with Gasteiger partial charge in [0.15, 0.2) is 0 Å². The molecule has 0 radical (unpaired) electrons. The van der Waals surface area contributed by atoms with Crippen molar-refractivity contribution in [1.82, 2.24) is 9.97 Å². The zero-order chi connectivity index (χ0) is 9.71. The number of hydrogen-bond acceptors (Lipinski definition) is 2. The van der Waals surface area contributed by atoms with E-state index in [2.05, 4.69) is 16.0 Å². The number of aryl methyl sites for hydroxylation is 2. The van der Waals surface area contributed by atoms with Gasteiger partial charge in [-0.3, -0.25) is 0 Å². The second-order valence-corrected chi connectivity index (χ2v) is 3.62. The molecule has 0 bridgehead atoms. The van der Waals surface area contributed by atoms with E-state index in [9.17, 15) is 0 Å². The maximum atomic E-state index is 5.46. The van der Waals surface area contributed by atoms with Crippen molar-refractivity contribution in [2.45, 2.75) is 13.8 Å². The molecule has 0 aliphatic carbocycles. The standard InChI is InChI=1S/C11H10N2O/c1-6-3-9-10(12-6)5-8-4-7(2)14-11(8)13-9/h3-5,12H,1-2H3. The first-order chi connectivity index (χ1) is 6.72. The molecule has 0 amide bonds. The van der Waals surface area contributed by atoms with Gasteiger partial charge in [0, 0.05) is 11.1 Å². The van der Waals surface area contributed by atoms with E-state index < -0.39 is 0 Å². The molecule has 0 aliphatic heterocycles. The molecular weight excluding hydrogens is 176 g/mol. The molecule has 3 heterocycles. The summed E-state index contributed by atoms with van der Waals surface area (Å²) >= 11 is 0. The molecule has 1 N–H and O–H groups in total. The number of rotatable bonds is 0. The Morgan fingerprint density at radius 3 is 2.93 bits per heavy atom. The van der Waals surface area contributed by atoms with E-state index in [1.54, 1.807) is 0 Å². The van der Waals surface area contributed by atoms with Crippen molar-refractivity contribution < 1.29 is 4.42 Å². The maximum Gasteiger partial charge on any atom is 0.226 e. The van der Waals surface area contributed by atoms with Crippen molar-refractivity contribution in [1.29, 1.82) is 0 Å². The molecule has 3 aromatic rings. The number of nitrogens with one attached hydrogen (secondary N) is 1. The second-order valence-electron chi connectivity index (χ2n) is 3.62. The summed E-state index contributed by atoms with van der Waals surface area (Å²) in [5, 5.41) is 1.05. The van der Waals surface area contributed by atoms with E-state index in [1.807, 2.05) is 26.0 Å². The number of furan rings is 1. The Morgan fingerprint density at radius 2 is 2.07 bits per heavy atom. The average Bonchev–Trinajstić information content (AvgIpc) is 2.59. The Bertz CT molecular complexity index is 516. The van der Waals surface area contributed by atoms with E-state index in [0.717, 1.165) is 27.9 Å². The predicted octanol–water partition coefficient (Wildman–Crippen LogP) is 2.93. The van der Waals surface area contributed by atoms with Crippen LogP contribution < -0.4 is 0 Å². The number of aromatic nitrogens is 2.